The highest BCUT2D eigenvalue weighted by Gasteiger charge is 2.14. The molecule has 0 bridgehead atoms. The summed E-state index contributed by atoms with van der Waals surface area (Å²) in [5.41, 5.74) is 5.63. The van der Waals surface area contributed by atoms with Crippen LogP contribution in [0.15, 0.2) is 24.8 Å². The van der Waals surface area contributed by atoms with Crippen LogP contribution in [0.2, 0.25) is 0 Å². The second-order valence-electron chi connectivity index (χ2n) is 3.50. The van der Waals surface area contributed by atoms with Crippen molar-refractivity contribution >= 4 is 11.7 Å². The van der Waals surface area contributed by atoms with Crippen LogP contribution in [-0.4, -0.2) is 25.8 Å². The lowest BCUT2D eigenvalue weighted by atomic mass is 10.3. The molecule has 0 spiro atoms. The third-order valence-corrected chi connectivity index (χ3v) is 2.16. The summed E-state index contributed by atoms with van der Waals surface area (Å²) >= 11 is 0. The smallest absolute Gasteiger partial charge is 0.272 e. The van der Waals surface area contributed by atoms with Crippen LogP contribution in [-0.2, 0) is 0 Å². The lowest BCUT2D eigenvalue weighted by Gasteiger charge is -2.10. The molecule has 2 heterocycles. The first-order valence-corrected chi connectivity index (χ1v) is 5.04. The number of rotatable bonds is 3. The summed E-state index contributed by atoms with van der Waals surface area (Å²) in [6.07, 6.45) is 6.06. The topological polar surface area (TPSA) is 110 Å². The predicted octanol–water partition coefficient (Wildman–Crippen LogP) is 0.273. The molecule has 2 aromatic rings. The van der Waals surface area contributed by atoms with Crippen LogP contribution < -0.4 is 11.1 Å². The Bertz CT molecular complexity index is 509. The largest absolute Gasteiger partial charge is 0.382 e. The van der Waals surface area contributed by atoms with Gasteiger partial charge < -0.3 is 16.0 Å². The van der Waals surface area contributed by atoms with Gasteiger partial charge in [0.2, 0.25) is 0 Å². The zero-order valence-electron chi connectivity index (χ0n) is 9.21. The summed E-state index contributed by atoms with van der Waals surface area (Å²) in [5, 5.41) is 2.74. The second kappa shape index (κ2) is 4.60. The number of carbonyl (C=O) groups is 1. The van der Waals surface area contributed by atoms with E-state index in [9.17, 15) is 4.79 Å². The van der Waals surface area contributed by atoms with Crippen molar-refractivity contribution in [1.29, 1.82) is 0 Å². The van der Waals surface area contributed by atoms with E-state index in [0.29, 0.717) is 5.82 Å². The first kappa shape index (κ1) is 11.1. The van der Waals surface area contributed by atoms with Gasteiger partial charge in [-0.15, -0.1) is 0 Å². The maximum absolute atomic E-state index is 11.8. The van der Waals surface area contributed by atoms with E-state index in [-0.39, 0.29) is 23.5 Å². The summed E-state index contributed by atoms with van der Waals surface area (Å²) in [7, 11) is 0. The van der Waals surface area contributed by atoms with Gasteiger partial charge in [-0.3, -0.25) is 9.78 Å². The fourth-order valence-corrected chi connectivity index (χ4v) is 1.34. The Labute approximate surface area is 97.5 Å². The van der Waals surface area contributed by atoms with Crippen LogP contribution in [0.1, 0.15) is 29.3 Å². The molecule has 1 atom stereocenters. The molecule has 0 aliphatic heterocycles. The number of nitrogens with one attached hydrogen (secondary N) is 2. The maximum atomic E-state index is 11.8. The molecular weight excluding hydrogens is 220 g/mol. The Kier molecular flexibility index (Phi) is 2.99. The van der Waals surface area contributed by atoms with E-state index in [1.807, 2.05) is 6.92 Å². The SMILES string of the molecule is CC(NC(=O)c1cncc(N)n1)c1ncc[nH]1. The number of nitrogen functional groups attached to an aromatic ring is 1. The molecule has 0 saturated carbocycles. The second-order valence-corrected chi connectivity index (χ2v) is 3.50. The van der Waals surface area contributed by atoms with Gasteiger partial charge in [0.1, 0.15) is 17.3 Å². The van der Waals surface area contributed by atoms with Crippen LogP contribution in [0.5, 0.6) is 0 Å². The molecule has 0 aromatic carbocycles. The van der Waals surface area contributed by atoms with Gasteiger partial charge in [-0.05, 0) is 6.92 Å². The number of hydrogen-bond donors (Lipinski definition) is 3. The average Bonchev–Trinajstić information content (AvgIpc) is 2.82. The number of imidazole rings is 1. The minimum absolute atomic E-state index is 0.184. The highest BCUT2D eigenvalue weighted by atomic mass is 16.1. The molecule has 4 N–H and O–H groups in total. The van der Waals surface area contributed by atoms with E-state index in [4.69, 9.17) is 5.73 Å². The minimum Gasteiger partial charge on any atom is -0.382 e. The zero-order chi connectivity index (χ0) is 12.3. The molecular formula is C10H12N6O. The number of anilines is 1. The third-order valence-electron chi connectivity index (χ3n) is 2.16. The third kappa shape index (κ3) is 2.57. The van der Waals surface area contributed by atoms with Gasteiger partial charge in [0.15, 0.2) is 0 Å². The van der Waals surface area contributed by atoms with Crippen molar-refractivity contribution in [3.8, 4) is 0 Å². The van der Waals surface area contributed by atoms with E-state index in [1.165, 1.54) is 12.4 Å². The van der Waals surface area contributed by atoms with Crippen molar-refractivity contribution in [2.75, 3.05) is 5.73 Å². The molecule has 7 heteroatoms. The number of nitrogens with zero attached hydrogens (tertiary/aromatic N) is 3. The summed E-state index contributed by atoms with van der Waals surface area (Å²) in [6.45, 7) is 1.82. The number of aromatic nitrogens is 4. The molecule has 17 heavy (non-hydrogen) atoms. The number of carbonyl (C=O) groups excluding carboxylic acids is 1. The first-order valence-electron chi connectivity index (χ1n) is 5.04. The van der Waals surface area contributed by atoms with Gasteiger partial charge in [-0.25, -0.2) is 9.97 Å². The van der Waals surface area contributed by atoms with Crippen LogP contribution in [0, 0.1) is 0 Å². The lowest BCUT2D eigenvalue weighted by Crippen LogP contribution is -2.28. The summed E-state index contributed by atoms with van der Waals surface area (Å²) in [4.78, 5) is 26.4. The molecule has 0 radical (unpaired) electrons. The van der Waals surface area contributed by atoms with Gasteiger partial charge in [0, 0.05) is 12.4 Å². The maximum Gasteiger partial charge on any atom is 0.272 e. The van der Waals surface area contributed by atoms with Crippen LogP contribution >= 0.6 is 0 Å². The highest BCUT2D eigenvalue weighted by molar-refractivity contribution is 5.92. The van der Waals surface area contributed by atoms with Crippen molar-refractivity contribution in [2.24, 2.45) is 0 Å². The van der Waals surface area contributed by atoms with Crippen molar-refractivity contribution in [3.05, 3.63) is 36.3 Å². The van der Waals surface area contributed by atoms with E-state index in [0.717, 1.165) is 0 Å². The Morgan fingerprint density at radius 3 is 3.00 bits per heavy atom. The van der Waals surface area contributed by atoms with Crippen molar-refractivity contribution < 1.29 is 4.79 Å². The van der Waals surface area contributed by atoms with Crippen LogP contribution in [0.3, 0.4) is 0 Å². The normalized spacial score (nSPS) is 12.1. The summed E-state index contributed by atoms with van der Waals surface area (Å²) < 4.78 is 0. The fourth-order valence-electron chi connectivity index (χ4n) is 1.34. The van der Waals surface area contributed by atoms with Crippen molar-refractivity contribution in [2.45, 2.75) is 13.0 Å². The zero-order valence-corrected chi connectivity index (χ0v) is 9.21. The standard InChI is InChI=1S/C10H12N6O/c1-6(9-13-2-3-14-9)15-10(17)7-4-12-5-8(11)16-7/h2-6H,1H3,(H2,11,16)(H,13,14)(H,15,17). The fraction of sp³-hybridized carbons (Fsp3) is 0.200. The van der Waals surface area contributed by atoms with E-state index in [2.05, 4.69) is 25.3 Å². The van der Waals surface area contributed by atoms with Crippen LogP contribution in [0.25, 0.3) is 0 Å². The molecule has 7 nitrogen and oxygen atoms in total. The molecule has 1 unspecified atom stereocenters. The molecule has 88 valence electrons. The van der Waals surface area contributed by atoms with Gasteiger partial charge >= 0.3 is 0 Å². The van der Waals surface area contributed by atoms with E-state index in [1.54, 1.807) is 12.4 Å². The number of H-pyrrole nitrogens is 1. The molecule has 0 fully saturated rings. The number of hydrogen-bond acceptors (Lipinski definition) is 5. The molecule has 0 aliphatic carbocycles. The highest BCUT2D eigenvalue weighted by Crippen LogP contribution is 2.06. The molecule has 0 aliphatic rings. The number of aromatic amines is 1. The number of amides is 1. The molecule has 2 rings (SSSR count). The van der Waals surface area contributed by atoms with E-state index >= 15 is 0 Å². The Morgan fingerprint density at radius 1 is 1.53 bits per heavy atom. The predicted molar refractivity (Wildman–Crippen MR) is 60.9 cm³/mol. The van der Waals surface area contributed by atoms with Crippen molar-refractivity contribution in [1.82, 2.24) is 25.3 Å². The van der Waals surface area contributed by atoms with Gasteiger partial charge in [0.25, 0.3) is 5.91 Å². The quantitative estimate of drug-likeness (QED) is 0.703. The van der Waals surface area contributed by atoms with Crippen molar-refractivity contribution in [3.63, 3.8) is 0 Å². The number of nitrogens with two attached hydrogens (primary N) is 1. The average molecular weight is 232 g/mol. The monoisotopic (exact) mass is 232 g/mol. The summed E-state index contributed by atoms with van der Waals surface area (Å²) in [5.74, 6) is 0.548. The lowest BCUT2D eigenvalue weighted by molar-refractivity contribution is 0.0933. The van der Waals surface area contributed by atoms with Gasteiger partial charge in [0.05, 0.1) is 18.4 Å². The summed E-state index contributed by atoms with van der Waals surface area (Å²) in [6, 6.07) is -0.235. The van der Waals surface area contributed by atoms with E-state index < -0.39 is 0 Å². The Balaban J connectivity index is 2.07. The van der Waals surface area contributed by atoms with Crippen LogP contribution in [0.4, 0.5) is 5.82 Å². The Hall–Kier alpha value is -2.44. The molecule has 2 aromatic heterocycles. The minimum atomic E-state index is -0.339. The molecule has 1 amide bonds. The van der Waals surface area contributed by atoms with Gasteiger partial charge in [-0.2, -0.15) is 0 Å². The Morgan fingerprint density at radius 2 is 2.35 bits per heavy atom. The van der Waals surface area contributed by atoms with Gasteiger partial charge in [-0.1, -0.05) is 0 Å². The first-order chi connectivity index (χ1) is 8.16. The molecule has 0 saturated heterocycles.